The third-order valence-corrected chi connectivity index (χ3v) is 4.13. The average Bonchev–Trinajstić information content (AvgIpc) is 2.62. The van der Waals surface area contributed by atoms with Crippen LogP contribution >= 0.6 is 0 Å². The van der Waals surface area contributed by atoms with Gasteiger partial charge in [-0.25, -0.2) is 0 Å². The summed E-state index contributed by atoms with van der Waals surface area (Å²) in [5.74, 6) is 0. The van der Waals surface area contributed by atoms with Gasteiger partial charge in [-0.05, 0) is 43.9 Å². The van der Waals surface area contributed by atoms with Crippen LogP contribution < -0.4 is 5.32 Å². The van der Waals surface area contributed by atoms with Gasteiger partial charge in [0.1, 0.15) is 0 Å². The van der Waals surface area contributed by atoms with Gasteiger partial charge in [0.15, 0.2) is 0 Å². The van der Waals surface area contributed by atoms with Crippen LogP contribution in [0.5, 0.6) is 0 Å². The van der Waals surface area contributed by atoms with Gasteiger partial charge in [0, 0.05) is 22.6 Å². The summed E-state index contributed by atoms with van der Waals surface area (Å²) < 4.78 is 0. The van der Waals surface area contributed by atoms with Crippen molar-refractivity contribution in [1.82, 2.24) is 10.3 Å². The standard InChI is InChI=1S/C16H22N2/c1-3-17-13-9-4-5-10-14-15(13)12-8-6-7-11(2)16(12)18-14/h6-8,13,17-18H,3-5,9-10H2,1-2H3. The quantitative estimate of drug-likeness (QED) is 0.769. The van der Waals surface area contributed by atoms with E-state index in [1.807, 2.05) is 0 Å². The summed E-state index contributed by atoms with van der Waals surface area (Å²) >= 11 is 0. The molecule has 0 amide bonds. The molecule has 0 spiro atoms. The molecule has 2 aromatic rings. The van der Waals surface area contributed by atoms with E-state index >= 15 is 0 Å². The highest BCUT2D eigenvalue weighted by Gasteiger charge is 2.22. The third-order valence-electron chi connectivity index (χ3n) is 4.13. The first kappa shape index (κ1) is 11.8. The van der Waals surface area contributed by atoms with E-state index in [0.29, 0.717) is 6.04 Å². The van der Waals surface area contributed by atoms with Crippen LogP contribution in [0, 0.1) is 6.92 Å². The van der Waals surface area contributed by atoms with Crippen LogP contribution in [0.1, 0.15) is 49.0 Å². The maximum atomic E-state index is 3.67. The normalized spacial score (nSPS) is 19.8. The van der Waals surface area contributed by atoms with E-state index in [1.54, 1.807) is 0 Å². The topological polar surface area (TPSA) is 27.8 Å². The number of aromatic amines is 1. The molecule has 2 heteroatoms. The van der Waals surface area contributed by atoms with Crippen LogP contribution in [0.15, 0.2) is 18.2 Å². The zero-order chi connectivity index (χ0) is 12.5. The van der Waals surface area contributed by atoms with Crippen LogP contribution in [0.25, 0.3) is 10.9 Å². The summed E-state index contributed by atoms with van der Waals surface area (Å²) in [6.07, 6.45) is 5.10. The lowest BCUT2D eigenvalue weighted by Crippen LogP contribution is -2.20. The fourth-order valence-corrected chi connectivity index (χ4v) is 3.28. The lowest BCUT2D eigenvalue weighted by Gasteiger charge is -2.16. The predicted octanol–water partition coefficient (Wildman–Crippen LogP) is 3.85. The summed E-state index contributed by atoms with van der Waals surface area (Å²) in [5.41, 5.74) is 5.69. The number of hydrogen-bond donors (Lipinski definition) is 2. The van der Waals surface area contributed by atoms with Crippen molar-refractivity contribution in [3.05, 3.63) is 35.0 Å². The number of H-pyrrole nitrogens is 1. The number of para-hydroxylation sites is 1. The SMILES string of the molecule is CCNC1CCCCc2[nH]c3c(C)cccc3c21. The average molecular weight is 242 g/mol. The number of aryl methyl sites for hydroxylation is 2. The molecular weight excluding hydrogens is 220 g/mol. The highest BCUT2D eigenvalue weighted by atomic mass is 14.9. The molecule has 0 radical (unpaired) electrons. The number of aromatic nitrogens is 1. The molecule has 1 atom stereocenters. The van der Waals surface area contributed by atoms with Gasteiger partial charge in [0.2, 0.25) is 0 Å². The van der Waals surface area contributed by atoms with Gasteiger partial charge >= 0.3 is 0 Å². The summed E-state index contributed by atoms with van der Waals surface area (Å²) in [7, 11) is 0. The van der Waals surface area contributed by atoms with Gasteiger partial charge in [-0.3, -0.25) is 0 Å². The molecule has 0 aliphatic heterocycles. The van der Waals surface area contributed by atoms with E-state index in [9.17, 15) is 0 Å². The zero-order valence-electron chi connectivity index (χ0n) is 11.3. The Morgan fingerprint density at radius 3 is 3.06 bits per heavy atom. The molecule has 18 heavy (non-hydrogen) atoms. The second-order valence-corrected chi connectivity index (χ2v) is 5.37. The molecule has 0 saturated carbocycles. The number of fused-ring (bicyclic) bond motifs is 3. The molecule has 0 bridgehead atoms. The smallest absolute Gasteiger partial charge is 0.0489 e. The van der Waals surface area contributed by atoms with Gasteiger partial charge in [0.05, 0.1) is 0 Å². The fourth-order valence-electron chi connectivity index (χ4n) is 3.28. The Balaban J connectivity index is 2.19. The zero-order valence-corrected chi connectivity index (χ0v) is 11.3. The van der Waals surface area contributed by atoms with Crippen molar-refractivity contribution >= 4 is 10.9 Å². The molecule has 1 aromatic carbocycles. The molecule has 2 N–H and O–H groups in total. The van der Waals surface area contributed by atoms with E-state index in [-0.39, 0.29) is 0 Å². The van der Waals surface area contributed by atoms with Crippen molar-refractivity contribution in [2.24, 2.45) is 0 Å². The Bertz CT molecular complexity index is 553. The van der Waals surface area contributed by atoms with Crippen molar-refractivity contribution in [2.75, 3.05) is 6.54 Å². The largest absolute Gasteiger partial charge is 0.358 e. The summed E-state index contributed by atoms with van der Waals surface area (Å²) in [6.45, 7) is 5.44. The number of nitrogens with one attached hydrogen (secondary N) is 2. The number of rotatable bonds is 2. The lowest BCUT2D eigenvalue weighted by atomic mass is 10.00. The highest BCUT2D eigenvalue weighted by molar-refractivity contribution is 5.87. The third kappa shape index (κ3) is 1.85. The fraction of sp³-hybridized carbons (Fsp3) is 0.500. The molecule has 1 unspecified atom stereocenters. The maximum Gasteiger partial charge on any atom is 0.0489 e. The van der Waals surface area contributed by atoms with Crippen LogP contribution in [0.3, 0.4) is 0 Å². The predicted molar refractivity (Wildman–Crippen MR) is 77.0 cm³/mol. The van der Waals surface area contributed by atoms with Crippen molar-refractivity contribution in [3.63, 3.8) is 0 Å². The monoisotopic (exact) mass is 242 g/mol. The molecule has 0 fully saturated rings. The van der Waals surface area contributed by atoms with E-state index in [0.717, 1.165) is 6.54 Å². The van der Waals surface area contributed by atoms with E-state index < -0.39 is 0 Å². The van der Waals surface area contributed by atoms with Crippen LogP contribution in [0.4, 0.5) is 0 Å². The second-order valence-electron chi connectivity index (χ2n) is 5.37. The van der Waals surface area contributed by atoms with Crippen molar-refractivity contribution in [2.45, 2.75) is 45.6 Å². The van der Waals surface area contributed by atoms with Crippen molar-refractivity contribution < 1.29 is 0 Å². The highest BCUT2D eigenvalue weighted by Crippen LogP contribution is 2.35. The van der Waals surface area contributed by atoms with Crippen molar-refractivity contribution in [3.8, 4) is 0 Å². The van der Waals surface area contributed by atoms with Gasteiger partial charge < -0.3 is 10.3 Å². The van der Waals surface area contributed by atoms with Crippen LogP contribution in [-0.4, -0.2) is 11.5 Å². The molecule has 96 valence electrons. The minimum atomic E-state index is 0.531. The minimum Gasteiger partial charge on any atom is -0.358 e. The van der Waals surface area contributed by atoms with Gasteiger partial charge in [-0.15, -0.1) is 0 Å². The number of benzene rings is 1. The Hall–Kier alpha value is -1.28. The molecular formula is C16H22N2. The van der Waals surface area contributed by atoms with E-state index in [2.05, 4.69) is 42.3 Å². The van der Waals surface area contributed by atoms with Gasteiger partial charge in [-0.2, -0.15) is 0 Å². The Morgan fingerprint density at radius 1 is 1.33 bits per heavy atom. The van der Waals surface area contributed by atoms with Gasteiger partial charge in [0.25, 0.3) is 0 Å². The maximum absolute atomic E-state index is 3.67. The van der Waals surface area contributed by atoms with Crippen molar-refractivity contribution in [1.29, 1.82) is 0 Å². The van der Waals surface area contributed by atoms with Crippen LogP contribution in [0.2, 0.25) is 0 Å². The first-order chi connectivity index (χ1) is 8.81. The summed E-state index contributed by atoms with van der Waals surface area (Å²) in [4.78, 5) is 3.67. The Morgan fingerprint density at radius 2 is 2.22 bits per heavy atom. The lowest BCUT2D eigenvalue weighted by molar-refractivity contribution is 0.506. The Labute approximate surface area is 109 Å². The molecule has 3 rings (SSSR count). The summed E-state index contributed by atoms with van der Waals surface area (Å²) in [6, 6.07) is 7.18. The van der Waals surface area contributed by atoms with E-state index in [4.69, 9.17) is 0 Å². The minimum absolute atomic E-state index is 0.531. The molecule has 1 aromatic heterocycles. The molecule has 2 nitrogen and oxygen atoms in total. The molecule has 1 heterocycles. The van der Waals surface area contributed by atoms with E-state index in [1.165, 1.54) is 53.4 Å². The first-order valence-electron chi connectivity index (χ1n) is 7.14. The molecule has 1 aliphatic rings. The second kappa shape index (κ2) is 4.77. The number of hydrogen-bond acceptors (Lipinski definition) is 1. The summed E-state index contributed by atoms with van der Waals surface area (Å²) in [5, 5.41) is 5.09. The Kier molecular flexibility index (Phi) is 3.13. The molecule has 0 saturated heterocycles. The first-order valence-corrected chi connectivity index (χ1v) is 7.14. The van der Waals surface area contributed by atoms with Gasteiger partial charge in [-0.1, -0.05) is 31.5 Å². The van der Waals surface area contributed by atoms with Crippen LogP contribution in [-0.2, 0) is 6.42 Å². The molecule has 1 aliphatic carbocycles.